The van der Waals surface area contributed by atoms with Gasteiger partial charge >= 0.3 is 0 Å². The highest BCUT2D eigenvalue weighted by molar-refractivity contribution is 5.68. The normalized spacial score (nSPS) is 10.7. The van der Waals surface area contributed by atoms with Crippen LogP contribution in [0.5, 0.6) is 5.75 Å². The maximum atomic E-state index is 10.1. The number of para-hydroxylation sites is 1. The van der Waals surface area contributed by atoms with E-state index in [-0.39, 0.29) is 0 Å². The molecule has 0 saturated heterocycles. The van der Waals surface area contributed by atoms with Crippen molar-refractivity contribution in [3.8, 4) is 5.75 Å². The number of hydrogen-bond donors (Lipinski definition) is 1. The van der Waals surface area contributed by atoms with Crippen LogP contribution in [0.2, 0.25) is 0 Å². The number of carbonyl (C=O) groups is 1. The molecule has 0 unspecified atom stereocenters. The number of rotatable bonds is 5. The van der Waals surface area contributed by atoms with Crippen LogP contribution in [-0.2, 0) is 9.53 Å². The maximum absolute atomic E-state index is 10.1. The van der Waals surface area contributed by atoms with Gasteiger partial charge in [0.15, 0.2) is 0 Å². The monoisotopic (exact) mass is 207 g/mol. The van der Waals surface area contributed by atoms with E-state index in [1.54, 1.807) is 14.2 Å². The van der Waals surface area contributed by atoms with Gasteiger partial charge in [-0.05, 0) is 12.1 Å². The summed E-state index contributed by atoms with van der Waals surface area (Å²) in [5.74, 6) is 0.715. The van der Waals surface area contributed by atoms with Crippen LogP contribution in [-0.4, -0.2) is 20.6 Å². The average molecular weight is 207 g/mol. The van der Waals surface area contributed by atoms with Gasteiger partial charge in [-0.3, -0.25) is 4.79 Å². The smallest absolute Gasteiger partial charge is 0.297 e. The van der Waals surface area contributed by atoms with E-state index in [4.69, 9.17) is 4.74 Å². The summed E-state index contributed by atoms with van der Waals surface area (Å²) >= 11 is 0. The number of benzene rings is 1. The van der Waals surface area contributed by atoms with Gasteiger partial charge in [-0.25, -0.2) is 0 Å². The summed E-state index contributed by atoms with van der Waals surface area (Å²) < 4.78 is 9.76. The molecule has 0 aromatic heterocycles. The first kappa shape index (κ1) is 11.1. The Morgan fingerprint density at radius 3 is 2.73 bits per heavy atom. The predicted molar refractivity (Wildman–Crippen MR) is 57.2 cm³/mol. The third-order valence-electron chi connectivity index (χ3n) is 1.91. The molecule has 1 aromatic rings. The van der Waals surface area contributed by atoms with E-state index in [1.165, 1.54) is 6.26 Å². The molecule has 1 aromatic carbocycles. The first-order chi connectivity index (χ1) is 7.33. The Labute approximate surface area is 88.5 Å². The number of methoxy groups -OCH3 is 1. The maximum Gasteiger partial charge on any atom is 0.297 e. The van der Waals surface area contributed by atoms with Crippen molar-refractivity contribution in [3.05, 3.63) is 36.1 Å². The van der Waals surface area contributed by atoms with Crippen molar-refractivity contribution in [3.63, 3.8) is 0 Å². The zero-order valence-electron chi connectivity index (χ0n) is 8.69. The third kappa shape index (κ3) is 2.74. The number of hydrogen-bond acceptors (Lipinski definition) is 4. The van der Waals surface area contributed by atoms with E-state index in [9.17, 15) is 4.79 Å². The quantitative estimate of drug-likeness (QED) is 0.585. The second kappa shape index (κ2) is 5.70. The van der Waals surface area contributed by atoms with E-state index < -0.39 is 0 Å². The van der Waals surface area contributed by atoms with Crippen LogP contribution in [0.1, 0.15) is 5.56 Å². The van der Waals surface area contributed by atoms with Crippen LogP contribution in [0.4, 0.5) is 0 Å². The Kier molecular flexibility index (Phi) is 4.22. The fraction of sp³-hybridized carbons (Fsp3) is 0.182. The lowest BCUT2D eigenvalue weighted by molar-refractivity contribution is -0.123. The number of carbonyl (C=O) groups excluding carboxylic acids is 1. The fourth-order valence-corrected chi connectivity index (χ4v) is 1.22. The first-order valence-electron chi connectivity index (χ1n) is 4.44. The van der Waals surface area contributed by atoms with Crippen molar-refractivity contribution < 1.29 is 14.3 Å². The zero-order valence-corrected chi connectivity index (χ0v) is 8.69. The Balaban J connectivity index is 3.05. The second-order valence-electron chi connectivity index (χ2n) is 2.71. The fourth-order valence-electron chi connectivity index (χ4n) is 1.22. The van der Waals surface area contributed by atoms with Gasteiger partial charge in [0, 0.05) is 12.6 Å². The van der Waals surface area contributed by atoms with Crippen molar-refractivity contribution in [1.82, 2.24) is 5.32 Å². The molecular weight excluding hydrogens is 194 g/mol. The van der Waals surface area contributed by atoms with E-state index in [2.05, 4.69) is 10.1 Å². The second-order valence-corrected chi connectivity index (χ2v) is 2.71. The summed E-state index contributed by atoms with van der Waals surface area (Å²) in [6.45, 7) is 0.368. The summed E-state index contributed by atoms with van der Waals surface area (Å²) in [6.07, 6.45) is 1.34. The van der Waals surface area contributed by atoms with Gasteiger partial charge < -0.3 is 14.8 Å². The van der Waals surface area contributed by atoms with Gasteiger partial charge in [-0.1, -0.05) is 12.1 Å². The standard InChI is InChI=1S/C11H13NO3/c1-12-10(7-15-8-13)9-5-3-4-6-11(9)14-2/h3-8,12H,1-2H3/b10-7-. The molecule has 0 saturated carbocycles. The molecule has 1 rings (SSSR count). The molecule has 15 heavy (non-hydrogen) atoms. The van der Waals surface area contributed by atoms with E-state index in [1.807, 2.05) is 24.3 Å². The topological polar surface area (TPSA) is 47.6 Å². The van der Waals surface area contributed by atoms with Gasteiger partial charge in [0.05, 0.1) is 12.8 Å². The molecule has 0 spiro atoms. The van der Waals surface area contributed by atoms with Crippen LogP contribution in [0.15, 0.2) is 30.5 Å². The number of ether oxygens (including phenoxy) is 2. The highest BCUT2D eigenvalue weighted by Crippen LogP contribution is 2.23. The van der Waals surface area contributed by atoms with E-state index >= 15 is 0 Å². The zero-order chi connectivity index (χ0) is 11.1. The molecule has 0 aliphatic carbocycles. The molecule has 0 aliphatic rings. The lowest BCUT2D eigenvalue weighted by Gasteiger charge is -2.10. The molecule has 4 heteroatoms. The van der Waals surface area contributed by atoms with Crippen LogP contribution >= 0.6 is 0 Å². The summed E-state index contributed by atoms with van der Waals surface area (Å²) in [5, 5.41) is 2.93. The molecule has 1 N–H and O–H groups in total. The van der Waals surface area contributed by atoms with Crippen molar-refractivity contribution >= 4 is 12.2 Å². The van der Waals surface area contributed by atoms with Crippen molar-refractivity contribution in [2.45, 2.75) is 0 Å². The molecule has 0 bridgehead atoms. The predicted octanol–water partition coefficient (Wildman–Crippen LogP) is 1.39. The van der Waals surface area contributed by atoms with Gasteiger partial charge in [-0.15, -0.1) is 0 Å². The first-order valence-corrected chi connectivity index (χ1v) is 4.44. The Bertz CT molecular complexity index is 361. The molecule has 4 nitrogen and oxygen atoms in total. The Morgan fingerprint density at radius 1 is 1.40 bits per heavy atom. The molecule has 0 aliphatic heterocycles. The minimum absolute atomic E-state index is 0.368. The van der Waals surface area contributed by atoms with Crippen LogP contribution in [0, 0.1) is 0 Å². The van der Waals surface area contributed by atoms with Gasteiger partial charge in [0.2, 0.25) is 0 Å². The van der Waals surface area contributed by atoms with Gasteiger partial charge in [-0.2, -0.15) is 0 Å². The lowest BCUT2D eigenvalue weighted by atomic mass is 10.1. The minimum atomic E-state index is 0.368. The number of nitrogens with one attached hydrogen (secondary N) is 1. The van der Waals surface area contributed by atoms with E-state index in [0.29, 0.717) is 17.9 Å². The molecule has 80 valence electrons. The molecule has 0 fully saturated rings. The van der Waals surface area contributed by atoms with Crippen LogP contribution < -0.4 is 10.1 Å². The van der Waals surface area contributed by atoms with Crippen molar-refractivity contribution in [2.24, 2.45) is 0 Å². The average Bonchev–Trinajstić information content (AvgIpc) is 2.30. The SMILES string of the molecule is CN/C(=C\OC=O)c1ccccc1OC. The summed E-state index contributed by atoms with van der Waals surface area (Å²) in [5.41, 5.74) is 1.52. The molecule has 0 radical (unpaired) electrons. The minimum Gasteiger partial charge on any atom is -0.496 e. The third-order valence-corrected chi connectivity index (χ3v) is 1.91. The van der Waals surface area contributed by atoms with Crippen molar-refractivity contribution in [1.29, 1.82) is 0 Å². The lowest BCUT2D eigenvalue weighted by Crippen LogP contribution is -2.06. The Hall–Kier alpha value is -1.97. The Morgan fingerprint density at radius 2 is 2.13 bits per heavy atom. The van der Waals surface area contributed by atoms with E-state index in [0.717, 1.165) is 5.56 Å². The molecular formula is C11H13NO3. The largest absolute Gasteiger partial charge is 0.496 e. The van der Waals surface area contributed by atoms with Gasteiger partial charge in [0.1, 0.15) is 12.0 Å². The summed E-state index contributed by atoms with van der Waals surface area (Å²) in [7, 11) is 3.33. The van der Waals surface area contributed by atoms with Gasteiger partial charge in [0.25, 0.3) is 6.47 Å². The summed E-state index contributed by atoms with van der Waals surface area (Å²) in [6, 6.07) is 7.46. The highest BCUT2D eigenvalue weighted by atomic mass is 16.5. The highest BCUT2D eigenvalue weighted by Gasteiger charge is 2.06. The molecule has 0 atom stereocenters. The summed E-state index contributed by atoms with van der Waals surface area (Å²) in [4.78, 5) is 10.1. The van der Waals surface area contributed by atoms with Crippen LogP contribution in [0.25, 0.3) is 5.70 Å². The molecule has 0 heterocycles. The van der Waals surface area contributed by atoms with Crippen molar-refractivity contribution in [2.75, 3.05) is 14.2 Å². The van der Waals surface area contributed by atoms with Crippen LogP contribution in [0.3, 0.4) is 0 Å². The molecule has 0 amide bonds.